The van der Waals surface area contributed by atoms with Crippen LogP contribution in [-0.2, 0) is 30.9 Å². The average molecular weight is 602 g/mol. The molecule has 0 atom stereocenters. The molecule has 2 fully saturated rings. The van der Waals surface area contributed by atoms with E-state index in [4.69, 9.17) is 14.2 Å². The van der Waals surface area contributed by atoms with E-state index in [1.54, 1.807) is 28.0 Å². The maximum atomic E-state index is 13.5. The van der Waals surface area contributed by atoms with Crippen molar-refractivity contribution in [1.29, 1.82) is 0 Å². The van der Waals surface area contributed by atoms with Crippen LogP contribution in [0.5, 0.6) is 11.5 Å². The van der Waals surface area contributed by atoms with E-state index >= 15 is 0 Å². The third-order valence-electron chi connectivity index (χ3n) is 7.94. The highest BCUT2D eigenvalue weighted by atomic mass is 32.2. The van der Waals surface area contributed by atoms with E-state index in [0.29, 0.717) is 55.8 Å². The second kappa shape index (κ2) is 12.6. The van der Waals surface area contributed by atoms with Crippen molar-refractivity contribution in [3.63, 3.8) is 0 Å². The molecule has 2 saturated heterocycles. The Bertz CT molecular complexity index is 1430. The molecule has 0 aromatic heterocycles. The van der Waals surface area contributed by atoms with Crippen molar-refractivity contribution in [3.8, 4) is 11.5 Å². The molecule has 226 valence electrons. The first kappa shape index (κ1) is 29.6. The number of carbonyl (C=O) groups excluding carboxylic acids is 3. The first-order valence-electron chi connectivity index (χ1n) is 13.9. The fourth-order valence-corrected chi connectivity index (χ4v) is 7.03. The monoisotopic (exact) mass is 601 g/mol. The summed E-state index contributed by atoms with van der Waals surface area (Å²) < 4.78 is 47.6. The summed E-state index contributed by atoms with van der Waals surface area (Å²) in [5.74, 6) is -0.746. The van der Waals surface area contributed by atoms with Crippen LogP contribution in [0.4, 0.5) is 10.5 Å². The minimum absolute atomic E-state index is 0.0671. The van der Waals surface area contributed by atoms with Gasteiger partial charge in [0.05, 0.1) is 25.5 Å². The molecule has 13 heteroatoms. The van der Waals surface area contributed by atoms with Gasteiger partial charge in [0.1, 0.15) is 24.2 Å². The molecule has 2 aromatic carbocycles. The predicted octanol–water partition coefficient (Wildman–Crippen LogP) is 2.80. The van der Waals surface area contributed by atoms with Crippen molar-refractivity contribution < 1.29 is 41.7 Å². The van der Waals surface area contributed by atoms with E-state index in [-0.39, 0.29) is 43.8 Å². The lowest BCUT2D eigenvalue weighted by Gasteiger charge is -2.40. The van der Waals surface area contributed by atoms with Crippen LogP contribution < -0.4 is 14.4 Å². The maximum Gasteiger partial charge on any atom is 0.414 e. The molecule has 3 aliphatic rings. The van der Waals surface area contributed by atoms with E-state index in [9.17, 15) is 22.8 Å². The number of esters is 1. The van der Waals surface area contributed by atoms with Crippen LogP contribution in [0.25, 0.3) is 0 Å². The topological polar surface area (TPSA) is 132 Å². The highest BCUT2D eigenvalue weighted by molar-refractivity contribution is 7.89. The van der Waals surface area contributed by atoms with E-state index in [1.807, 2.05) is 24.3 Å². The summed E-state index contributed by atoms with van der Waals surface area (Å²) in [5.41, 5.74) is 2.25. The minimum atomic E-state index is -3.74. The Balaban J connectivity index is 1.17. The number of hydrogen-bond acceptors (Lipinski definition) is 9. The van der Waals surface area contributed by atoms with Gasteiger partial charge < -0.3 is 23.8 Å². The number of ether oxygens (including phenoxy) is 4. The molecule has 12 nitrogen and oxygen atoms in total. The third-order valence-corrected chi connectivity index (χ3v) is 9.70. The van der Waals surface area contributed by atoms with Gasteiger partial charge in [-0.05, 0) is 43.9 Å². The van der Waals surface area contributed by atoms with Gasteiger partial charge in [0, 0.05) is 43.9 Å². The third kappa shape index (κ3) is 6.31. The van der Waals surface area contributed by atoms with Gasteiger partial charge in [0.2, 0.25) is 10.0 Å². The molecule has 3 heterocycles. The molecular weight excluding hydrogens is 566 g/mol. The number of piperidine rings is 2. The van der Waals surface area contributed by atoms with Crippen LogP contribution in [0.1, 0.15) is 41.6 Å². The molecule has 0 spiro atoms. The van der Waals surface area contributed by atoms with E-state index in [0.717, 1.165) is 18.4 Å². The Morgan fingerprint density at radius 3 is 2.38 bits per heavy atom. The number of anilines is 1. The average Bonchev–Trinajstić information content (AvgIpc) is 3.00. The quantitative estimate of drug-likeness (QED) is 0.419. The SMILES string of the molecule is COC(=O)CS(=O)(=O)N1CCC(Oc2ccc(C(=O)N3CCC(N4C(=O)OCc5ccccc54)CC3)c(OC)c2)CC1. The zero-order chi connectivity index (χ0) is 29.9. The van der Waals surface area contributed by atoms with Crippen molar-refractivity contribution in [2.75, 3.05) is 51.1 Å². The number of rotatable bonds is 8. The summed E-state index contributed by atoms with van der Waals surface area (Å²) in [7, 11) is -1.09. The minimum Gasteiger partial charge on any atom is -0.496 e. The van der Waals surface area contributed by atoms with Crippen molar-refractivity contribution >= 4 is 33.7 Å². The molecule has 0 saturated carbocycles. The van der Waals surface area contributed by atoms with Crippen LogP contribution in [0.3, 0.4) is 0 Å². The number of nitrogens with zero attached hydrogens (tertiary/aromatic N) is 3. The van der Waals surface area contributed by atoms with Gasteiger partial charge >= 0.3 is 12.1 Å². The Kier molecular flexibility index (Phi) is 8.88. The smallest absolute Gasteiger partial charge is 0.414 e. The van der Waals surface area contributed by atoms with E-state index in [2.05, 4.69) is 4.74 Å². The van der Waals surface area contributed by atoms with Crippen molar-refractivity contribution in [2.45, 2.75) is 44.4 Å². The number of methoxy groups -OCH3 is 2. The number of likely N-dealkylation sites (tertiary alicyclic amines) is 1. The zero-order valence-electron chi connectivity index (χ0n) is 23.7. The summed E-state index contributed by atoms with van der Waals surface area (Å²) >= 11 is 0. The number of cyclic esters (lactones) is 1. The Labute approximate surface area is 245 Å². The van der Waals surface area contributed by atoms with Gasteiger partial charge in [-0.15, -0.1) is 0 Å². The normalized spacial score (nSPS) is 18.7. The van der Waals surface area contributed by atoms with Gasteiger partial charge in [0.15, 0.2) is 5.75 Å². The highest BCUT2D eigenvalue weighted by Gasteiger charge is 2.36. The lowest BCUT2D eigenvalue weighted by atomic mass is 10.00. The number of sulfonamides is 1. The lowest BCUT2D eigenvalue weighted by Crippen LogP contribution is -2.50. The van der Waals surface area contributed by atoms with Gasteiger partial charge in [0.25, 0.3) is 5.91 Å². The number of fused-ring (bicyclic) bond motifs is 1. The van der Waals surface area contributed by atoms with Crippen LogP contribution in [-0.4, -0.2) is 93.9 Å². The van der Waals surface area contributed by atoms with Gasteiger partial charge in [-0.2, -0.15) is 0 Å². The Morgan fingerprint density at radius 2 is 1.69 bits per heavy atom. The predicted molar refractivity (Wildman–Crippen MR) is 152 cm³/mol. The lowest BCUT2D eigenvalue weighted by molar-refractivity contribution is -0.137. The van der Waals surface area contributed by atoms with Crippen LogP contribution >= 0.6 is 0 Å². The molecule has 42 heavy (non-hydrogen) atoms. The second-order valence-electron chi connectivity index (χ2n) is 10.5. The van der Waals surface area contributed by atoms with Crippen LogP contribution in [0.15, 0.2) is 42.5 Å². The van der Waals surface area contributed by atoms with Crippen molar-refractivity contribution in [1.82, 2.24) is 9.21 Å². The molecule has 2 aromatic rings. The number of para-hydroxylation sites is 1. The largest absolute Gasteiger partial charge is 0.496 e. The molecule has 5 rings (SSSR count). The van der Waals surface area contributed by atoms with Gasteiger partial charge in [-0.25, -0.2) is 17.5 Å². The molecule has 3 aliphatic heterocycles. The van der Waals surface area contributed by atoms with E-state index < -0.39 is 21.7 Å². The van der Waals surface area contributed by atoms with Gasteiger partial charge in [-0.1, -0.05) is 18.2 Å². The molecule has 0 aliphatic carbocycles. The van der Waals surface area contributed by atoms with E-state index in [1.165, 1.54) is 11.4 Å². The first-order valence-corrected chi connectivity index (χ1v) is 15.5. The summed E-state index contributed by atoms with van der Waals surface area (Å²) in [6, 6.07) is 12.7. The summed E-state index contributed by atoms with van der Waals surface area (Å²) in [6.07, 6.45) is 1.55. The molecule has 2 amide bonds. The number of carbonyl (C=O) groups is 3. The standard InChI is InChI=1S/C29H35N3O9S/c1-38-26-17-23(41-22-11-15-31(16-12-22)42(36,37)19-27(33)39-2)7-8-24(26)28(34)30-13-9-21(10-14-30)32-25-6-4-3-5-20(25)18-40-29(32)35/h3-8,17,21-22H,9-16,18-19H2,1-2H3. The van der Waals surface area contributed by atoms with Crippen LogP contribution in [0, 0.1) is 0 Å². The first-order chi connectivity index (χ1) is 20.2. The Morgan fingerprint density at radius 1 is 0.976 bits per heavy atom. The summed E-state index contributed by atoms with van der Waals surface area (Å²) in [5, 5.41) is 0. The summed E-state index contributed by atoms with van der Waals surface area (Å²) in [4.78, 5) is 41.0. The van der Waals surface area contributed by atoms with Gasteiger partial charge in [-0.3, -0.25) is 14.5 Å². The molecule has 0 unspecified atom stereocenters. The highest BCUT2D eigenvalue weighted by Crippen LogP contribution is 2.33. The maximum absolute atomic E-state index is 13.5. The number of hydrogen-bond donors (Lipinski definition) is 0. The molecule has 0 radical (unpaired) electrons. The molecule has 0 N–H and O–H groups in total. The van der Waals surface area contributed by atoms with Crippen molar-refractivity contribution in [2.24, 2.45) is 0 Å². The Hall–Kier alpha value is -3.84. The second-order valence-corrected chi connectivity index (χ2v) is 12.5. The molecule has 0 bridgehead atoms. The fraction of sp³-hybridized carbons (Fsp3) is 0.483. The number of amides is 2. The van der Waals surface area contributed by atoms with Crippen LogP contribution in [0.2, 0.25) is 0 Å². The molecular formula is C29H35N3O9S. The number of benzene rings is 2. The fourth-order valence-electron chi connectivity index (χ4n) is 5.66. The summed E-state index contributed by atoms with van der Waals surface area (Å²) in [6.45, 7) is 1.69. The zero-order valence-corrected chi connectivity index (χ0v) is 24.5. The van der Waals surface area contributed by atoms with Crippen molar-refractivity contribution in [3.05, 3.63) is 53.6 Å².